The molecule has 0 bridgehead atoms. The molecule has 3 heterocycles. The number of phenolic OH excluding ortho intramolecular Hbond substituents is 1. The predicted octanol–water partition coefficient (Wildman–Crippen LogP) is 4.42. The fraction of sp³-hybridized carbons (Fsp3) is 0.351. The molecule has 6 rings (SSSR count). The number of benzene rings is 3. The van der Waals surface area contributed by atoms with Gasteiger partial charge >= 0.3 is 0 Å². The Morgan fingerprint density at radius 2 is 1.70 bits per heavy atom. The number of hydrogen-bond acceptors (Lipinski definition) is 9. The minimum absolute atomic E-state index is 0.00364. The van der Waals surface area contributed by atoms with Gasteiger partial charge in [-0.25, -0.2) is 0 Å². The average molecular weight is 705 g/mol. The SMILES string of the molecule is Cc1cccc2c(O)cc3c(c12)[C@H](CCl)CN3C(=O)c1cc2c([nH]1)CNC(NC(=O)c1ccc(OCCOCCOCCOCCO)cc1)=C2. The normalized spacial score (nSPS) is 15.0. The van der Waals surface area contributed by atoms with E-state index in [9.17, 15) is 14.7 Å². The molecule has 13 heteroatoms. The van der Waals surface area contributed by atoms with Crippen LogP contribution in [-0.4, -0.2) is 92.3 Å². The van der Waals surface area contributed by atoms with Gasteiger partial charge in [-0.05, 0) is 59.8 Å². The molecule has 12 nitrogen and oxygen atoms in total. The van der Waals surface area contributed by atoms with Crippen LogP contribution >= 0.6 is 11.6 Å². The Bertz CT molecular complexity index is 1860. The summed E-state index contributed by atoms with van der Waals surface area (Å²) in [4.78, 5) is 31.8. The Kier molecular flexibility index (Phi) is 11.6. The molecule has 0 spiro atoms. The van der Waals surface area contributed by atoms with Gasteiger partial charge < -0.3 is 49.7 Å². The smallest absolute Gasteiger partial charge is 0.274 e. The lowest BCUT2D eigenvalue weighted by molar-refractivity contribution is 0.00361. The van der Waals surface area contributed by atoms with Crippen LogP contribution in [0.25, 0.3) is 16.8 Å². The number of ether oxygens (including phenoxy) is 4. The molecule has 264 valence electrons. The number of aliphatic hydroxyl groups excluding tert-OH is 1. The lowest BCUT2D eigenvalue weighted by atomic mass is 9.92. The number of H-pyrrole nitrogens is 1. The molecular formula is C37H41ClN4O8. The number of nitrogens with zero attached hydrogens (tertiary/aromatic N) is 1. The quantitative estimate of drug-likeness (QED) is 0.0843. The monoisotopic (exact) mass is 704 g/mol. The molecule has 1 atom stereocenters. The molecule has 0 aliphatic carbocycles. The van der Waals surface area contributed by atoms with Crippen LogP contribution < -0.4 is 20.3 Å². The highest BCUT2D eigenvalue weighted by atomic mass is 35.5. The van der Waals surface area contributed by atoms with Crippen molar-refractivity contribution in [1.82, 2.24) is 15.6 Å². The van der Waals surface area contributed by atoms with Crippen LogP contribution in [0.15, 0.2) is 60.4 Å². The van der Waals surface area contributed by atoms with Gasteiger partial charge in [0.15, 0.2) is 0 Å². The number of aromatic nitrogens is 1. The van der Waals surface area contributed by atoms with E-state index < -0.39 is 0 Å². The number of aromatic hydroxyl groups is 1. The maximum atomic E-state index is 13.9. The van der Waals surface area contributed by atoms with Gasteiger partial charge in [0.2, 0.25) is 0 Å². The van der Waals surface area contributed by atoms with Gasteiger partial charge in [0.05, 0.1) is 58.5 Å². The Balaban J connectivity index is 1.02. The Hall–Kier alpha value is -4.59. The fourth-order valence-electron chi connectivity index (χ4n) is 6.26. The van der Waals surface area contributed by atoms with E-state index in [1.165, 1.54) is 0 Å². The molecule has 1 aromatic heterocycles. The molecule has 0 radical (unpaired) electrons. The average Bonchev–Trinajstić information content (AvgIpc) is 3.72. The number of amides is 2. The van der Waals surface area contributed by atoms with E-state index in [0.717, 1.165) is 33.2 Å². The van der Waals surface area contributed by atoms with Gasteiger partial charge in [-0.1, -0.05) is 18.2 Å². The van der Waals surface area contributed by atoms with Gasteiger partial charge in [-0.3, -0.25) is 9.59 Å². The zero-order valence-corrected chi connectivity index (χ0v) is 28.6. The lowest BCUT2D eigenvalue weighted by Crippen LogP contribution is -2.33. The molecule has 0 fully saturated rings. The van der Waals surface area contributed by atoms with Crippen LogP contribution in [0, 0.1) is 6.92 Å². The number of aromatic amines is 1. The van der Waals surface area contributed by atoms with Crippen molar-refractivity contribution in [2.75, 3.05) is 70.2 Å². The van der Waals surface area contributed by atoms with Crippen molar-refractivity contribution in [3.63, 3.8) is 0 Å². The number of nitrogens with one attached hydrogen (secondary N) is 3. The van der Waals surface area contributed by atoms with Crippen LogP contribution in [0.5, 0.6) is 11.5 Å². The third-order valence-electron chi connectivity index (χ3n) is 8.66. The third-order valence-corrected chi connectivity index (χ3v) is 9.03. The van der Waals surface area contributed by atoms with E-state index in [1.54, 1.807) is 47.4 Å². The molecule has 2 aliphatic heterocycles. The van der Waals surface area contributed by atoms with Crippen molar-refractivity contribution in [3.05, 3.63) is 94.1 Å². The first-order valence-corrected chi connectivity index (χ1v) is 17.1. The number of aryl methyl sites for hydroxylation is 1. The van der Waals surface area contributed by atoms with E-state index in [4.69, 9.17) is 35.7 Å². The summed E-state index contributed by atoms with van der Waals surface area (Å²) in [6, 6.07) is 16.0. The fourth-order valence-corrected chi connectivity index (χ4v) is 6.51. The molecular weight excluding hydrogens is 664 g/mol. The second-order valence-corrected chi connectivity index (χ2v) is 12.3. The molecule has 5 N–H and O–H groups in total. The summed E-state index contributed by atoms with van der Waals surface area (Å²) >= 11 is 6.41. The number of halogens is 1. The number of rotatable bonds is 16. The zero-order valence-electron chi connectivity index (χ0n) is 27.8. The summed E-state index contributed by atoms with van der Waals surface area (Å²) in [5.41, 5.74) is 5.13. The standard InChI is InChI=1S/C37H41ClN4O8/c1-23-3-2-4-28-32(44)19-31-35(34(23)28)26(20-38)22-42(31)37(46)29-17-25-18-33(39-21-30(25)40-29)41-36(45)24-5-7-27(8-6-24)50-16-15-49-14-13-48-12-11-47-10-9-43/h2-8,17-19,26,39-40,43-44H,9-16,20-22H2,1H3,(H,41,45)/t26-/m1/s1. The molecule has 0 saturated heterocycles. The number of alkyl halides is 1. The number of anilines is 1. The number of phenols is 1. The summed E-state index contributed by atoms with van der Waals surface area (Å²) < 4.78 is 21.7. The molecule has 2 aliphatic rings. The molecule has 50 heavy (non-hydrogen) atoms. The zero-order chi connectivity index (χ0) is 35.0. The largest absolute Gasteiger partial charge is 0.507 e. The van der Waals surface area contributed by atoms with E-state index in [1.807, 2.05) is 25.1 Å². The number of carbonyl (C=O) groups is 2. The van der Waals surface area contributed by atoms with Crippen molar-refractivity contribution in [3.8, 4) is 11.5 Å². The van der Waals surface area contributed by atoms with Crippen molar-refractivity contribution in [1.29, 1.82) is 0 Å². The van der Waals surface area contributed by atoms with Gasteiger partial charge in [-0.2, -0.15) is 0 Å². The summed E-state index contributed by atoms with van der Waals surface area (Å²) in [6.45, 7) is 5.57. The van der Waals surface area contributed by atoms with Crippen molar-refractivity contribution >= 4 is 46.0 Å². The highest BCUT2D eigenvalue weighted by molar-refractivity contribution is 6.19. The Morgan fingerprint density at radius 1 is 0.980 bits per heavy atom. The van der Waals surface area contributed by atoms with Crippen LogP contribution in [0.2, 0.25) is 0 Å². The van der Waals surface area contributed by atoms with E-state index in [0.29, 0.717) is 93.7 Å². The highest BCUT2D eigenvalue weighted by Crippen LogP contribution is 2.46. The topological polar surface area (TPSA) is 155 Å². The predicted molar refractivity (Wildman–Crippen MR) is 190 cm³/mol. The maximum absolute atomic E-state index is 13.9. The summed E-state index contributed by atoms with van der Waals surface area (Å²) in [6.07, 6.45) is 1.79. The van der Waals surface area contributed by atoms with Crippen LogP contribution in [0.1, 0.15) is 49.1 Å². The van der Waals surface area contributed by atoms with Gasteiger partial charge in [0.25, 0.3) is 11.8 Å². The molecule has 0 saturated carbocycles. The van der Waals surface area contributed by atoms with Crippen molar-refractivity contribution in [2.45, 2.75) is 19.4 Å². The van der Waals surface area contributed by atoms with E-state index in [-0.39, 0.29) is 30.1 Å². The van der Waals surface area contributed by atoms with Crippen LogP contribution in [0.4, 0.5) is 5.69 Å². The highest BCUT2D eigenvalue weighted by Gasteiger charge is 2.36. The first-order valence-electron chi connectivity index (χ1n) is 16.6. The first kappa shape index (κ1) is 35.2. The lowest BCUT2D eigenvalue weighted by Gasteiger charge is -2.18. The van der Waals surface area contributed by atoms with E-state index >= 15 is 0 Å². The van der Waals surface area contributed by atoms with Crippen molar-refractivity contribution < 1.29 is 38.7 Å². The first-order chi connectivity index (χ1) is 24.4. The minimum atomic E-state index is -0.293. The summed E-state index contributed by atoms with van der Waals surface area (Å²) in [5, 5.41) is 27.3. The number of hydrogen-bond donors (Lipinski definition) is 5. The maximum Gasteiger partial charge on any atom is 0.274 e. The second kappa shape index (κ2) is 16.4. The molecule has 4 aromatic rings. The summed E-state index contributed by atoms with van der Waals surface area (Å²) in [7, 11) is 0. The van der Waals surface area contributed by atoms with Crippen LogP contribution in [-0.2, 0) is 20.8 Å². The second-order valence-electron chi connectivity index (χ2n) is 12.0. The molecule has 2 amide bonds. The summed E-state index contributed by atoms with van der Waals surface area (Å²) in [5.74, 6) is 1.00. The third kappa shape index (κ3) is 7.90. The van der Waals surface area contributed by atoms with Gasteiger partial charge in [-0.15, -0.1) is 11.6 Å². The van der Waals surface area contributed by atoms with Gasteiger partial charge in [0, 0.05) is 46.6 Å². The van der Waals surface area contributed by atoms with Gasteiger partial charge in [0.1, 0.15) is 29.6 Å². The molecule has 0 unspecified atom stereocenters. The van der Waals surface area contributed by atoms with Crippen LogP contribution in [0.3, 0.4) is 0 Å². The molecule has 3 aromatic carbocycles. The number of carbonyl (C=O) groups excluding carboxylic acids is 2. The Labute approximate surface area is 294 Å². The minimum Gasteiger partial charge on any atom is -0.507 e. The number of fused-ring (bicyclic) bond motifs is 4. The Morgan fingerprint density at radius 3 is 2.42 bits per heavy atom. The van der Waals surface area contributed by atoms with E-state index in [2.05, 4.69) is 15.6 Å². The van der Waals surface area contributed by atoms with Crippen molar-refractivity contribution in [2.24, 2.45) is 0 Å². The number of aliphatic hydroxyl groups is 1.